The molecule has 1 fully saturated rings. The Morgan fingerprint density at radius 1 is 1.16 bits per heavy atom. The van der Waals surface area contributed by atoms with Gasteiger partial charge in [0.2, 0.25) is 0 Å². The first kappa shape index (κ1) is 17.3. The summed E-state index contributed by atoms with van der Waals surface area (Å²) in [5.74, 6) is -0.298. The molecule has 1 heterocycles. The first-order valence-electron chi connectivity index (χ1n) is 7.71. The number of carboxylic acids is 1. The SMILES string of the molecule is COc1cc([C@@H]2[NH2+][C@H](C(=O)[O-])CS2)ccc1OC(=O)c1ccccc1. The maximum atomic E-state index is 12.2. The van der Waals surface area contributed by atoms with Crippen LogP contribution >= 0.6 is 11.8 Å². The molecule has 25 heavy (non-hydrogen) atoms. The molecule has 6 nitrogen and oxygen atoms in total. The number of benzene rings is 2. The van der Waals surface area contributed by atoms with Crippen LogP contribution in [0.4, 0.5) is 0 Å². The fourth-order valence-corrected chi connectivity index (χ4v) is 3.86. The zero-order valence-electron chi connectivity index (χ0n) is 13.5. The number of rotatable bonds is 5. The Balaban J connectivity index is 1.76. The zero-order valence-corrected chi connectivity index (χ0v) is 14.3. The van der Waals surface area contributed by atoms with Gasteiger partial charge in [0.25, 0.3) is 0 Å². The average Bonchev–Trinajstić information content (AvgIpc) is 3.13. The molecule has 0 aromatic heterocycles. The summed E-state index contributed by atoms with van der Waals surface area (Å²) < 4.78 is 10.7. The van der Waals surface area contributed by atoms with Crippen LogP contribution in [0.5, 0.6) is 11.5 Å². The molecular formula is C18H17NO5S. The Bertz CT molecular complexity index is 780. The average molecular weight is 359 g/mol. The van der Waals surface area contributed by atoms with Crippen molar-refractivity contribution in [2.24, 2.45) is 0 Å². The van der Waals surface area contributed by atoms with Gasteiger partial charge in [-0.05, 0) is 30.3 Å². The molecule has 130 valence electrons. The van der Waals surface area contributed by atoms with E-state index in [2.05, 4.69) is 0 Å². The topological polar surface area (TPSA) is 92.3 Å². The number of hydrogen-bond donors (Lipinski definition) is 1. The normalized spacial score (nSPS) is 19.4. The molecule has 1 aliphatic heterocycles. The van der Waals surface area contributed by atoms with E-state index in [4.69, 9.17) is 9.47 Å². The number of thioether (sulfide) groups is 1. The van der Waals surface area contributed by atoms with Crippen LogP contribution in [0.25, 0.3) is 0 Å². The number of carbonyl (C=O) groups excluding carboxylic acids is 2. The minimum Gasteiger partial charge on any atom is -0.544 e. The van der Waals surface area contributed by atoms with Crippen molar-refractivity contribution in [3.63, 3.8) is 0 Å². The molecule has 3 rings (SSSR count). The summed E-state index contributed by atoms with van der Waals surface area (Å²) in [7, 11) is 1.49. The van der Waals surface area contributed by atoms with E-state index in [0.717, 1.165) is 5.56 Å². The van der Waals surface area contributed by atoms with Crippen LogP contribution < -0.4 is 19.9 Å². The highest BCUT2D eigenvalue weighted by molar-refractivity contribution is 7.99. The minimum atomic E-state index is -1.06. The maximum absolute atomic E-state index is 12.2. The fraction of sp³-hybridized carbons (Fsp3) is 0.222. The molecule has 0 unspecified atom stereocenters. The maximum Gasteiger partial charge on any atom is 0.343 e. The number of nitrogens with two attached hydrogens (primary N) is 1. The summed E-state index contributed by atoms with van der Waals surface area (Å²) in [5, 5.41) is 12.7. The lowest BCUT2D eigenvalue weighted by Gasteiger charge is -2.14. The number of quaternary nitrogens is 1. The molecule has 1 saturated heterocycles. The number of esters is 1. The van der Waals surface area contributed by atoms with Gasteiger partial charge in [-0.1, -0.05) is 30.0 Å². The predicted octanol–water partition coefficient (Wildman–Crippen LogP) is 0.342. The van der Waals surface area contributed by atoms with Crippen molar-refractivity contribution in [3.8, 4) is 11.5 Å². The molecule has 7 heteroatoms. The van der Waals surface area contributed by atoms with E-state index in [9.17, 15) is 14.7 Å². The van der Waals surface area contributed by atoms with Gasteiger partial charge in [0, 0.05) is 5.56 Å². The minimum absolute atomic E-state index is 0.0596. The molecule has 0 radical (unpaired) electrons. The number of carbonyl (C=O) groups is 2. The van der Waals surface area contributed by atoms with Gasteiger partial charge in [0.15, 0.2) is 16.9 Å². The van der Waals surface area contributed by atoms with Gasteiger partial charge >= 0.3 is 5.97 Å². The molecule has 0 bridgehead atoms. The molecule has 2 aromatic carbocycles. The highest BCUT2D eigenvalue weighted by Crippen LogP contribution is 2.34. The van der Waals surface area contributed by atoms with E-state index in [1.165, 1.54) is 18.9 Å². The van der Waals surface area contributed by atoms with Gasteiger partial charge in [0.1, 0.15) is 12.0 Å². The lowest BCUT2D eigenvalue weighted by atomic mass is 10.2. The summed E-state index contributed by atoms with van der Waals surface area (Å²) in [6.45, 7) is 0. The largest absolute Gasteiger partial charge is 0.544 e. The molecule has 2 atom stereocenters. The number of aliphatic carboxylic acids is 1. The smallest absolute Gasteiger partial charge is 0.343 e. The predicted molar refractivity (Wildman–Crippen MR) is 90.3 cm³/mol. The van der Waals surface area contributed by atoms with Crippen molar-refractivity contribution in [2.45, 2.75) is 11.4 Å². The van der Waals surface area contributed by atoms with Gasteiger partial charge in [-0.2, -0.15) is 0 Å². The van der Waals surface area contributed by atoms with E-state index in [-0.39, 0.29) is 5.37 Å². The fourth-order valence-electron chi connectivity index (χ4n) is 2.56. The quantitative estimate of drug-likeness (QED) is 0.611. The zero-order chi connectivity index (χ0) is 17.8. The van der Waals surface area contributed by atoms with Gasteiger partial charge in [0.05, 0.1) is 18.4 Å². The molecule has 0 saturated carbocycles. The first-order valence-corrected chi connectivity index (χ1v) is 8.76. The van der Waals surface area contributed by atoms with Crippen LogP contribution in [0.15, 0.2) is 48.5 Å². The Kier molecular flexibility index (Phi) is 5.25. The van der Waals surface area contributed by atoms with Crippen LogP contribution in [0, 0.1) is 0 Å². The van der Waals surface area contributed by atoms with E-state index < -0.39 is 18.0 Å². The van der Waals surface area contributed by atoms with Crippen molar-refractivity contribution in [1.29, 1.82) is 0 Å². The van der Waals surface area contributed by atoms with Crippen molar-refractivity contribution in [2.75, 3.05) is 12.9 Å². The van der Waals surface area contributed by atoms with Crippen LogP contribution in [0.2, 0.25) is 0 Å². The number of carboxylic acid groups (broad SMARTS) is 1. The molecule has 1 aliphatic rings. The summed E-state index contributed by atoms with van der Waals surface area (Å²) in [5.41, 5.74) is 1.34. The lowest BCUT2D eigenvalue weighted by molar-refractivity contribution is -0.690. The highest BCUT2D eigenvalue weighted by atomic mass is 32.2. The summed E-state index contributed by atoms with van der Waals surface area (Å²) in [6, 6.07) is 13.4. The van der Waals surface area contributed by atoms with E-state index in [0.29, 0.717) is 22.8 Å². The van der Waals surface area contributed by atoms with Gasteiger partial charge in [-0.25, -0.2) is 4.79 Å². The number of methoxy groups -OCH3 is 1. The standard InChI is InChI=1S/C18H17NO5S/c1-23-15-9-12(16-19-13(10-25-16)17(20)21)7-8-14(15)24-18(22)11-5-3-2-4-6-11/h2-9,13,16,19H,10H2,1H3,(H,20,21)/t13-,16+/m0/s1. The Morgan fingerprint density at radius 2 is 1.92 bits per heavy atom. The van der Waals surface area contributed by atoms with Crippen molar-refractivity contribution >= 4 is 23.7 Å². The van der Waals surface area contributed by atoms with Crippen LogP contribution in [-0.4, -0.2) is 30.8 Å². The molecular weight excluding hydrogens is 342 g/mol. The van der Waals surface area contributed by atoms with Crippen LogP contribution in [0.3, 0.4) is 0 Å². The van der Waals surface area contributed by atoms with Crippen LogP contribution in [0.1, 0.15) is 21.3 Å². The second-order valence-electron chi connectivity index (χ2n) is 5.54. The second-order valence-corrected chi connectivity index (χ2v) is 6.71. The lowest BCUT2D eigenvalue weighted by Crippen LogP contribution is -2.90. The van der Waals surface area contributed by atoms with E-state index in [1.807, 2.05) is 12.1 Å². The molecule has 2 aromatic rings. The second kappa shape index (κ2) is 7.58. The van der Waals surface area contributed by atoms with Crippen molar-refractivity contribution < 1.29 is 29.5 Å². The number of ether oxygens (including phenoxy) is 2. The van der Waals surface area contributed by atoms with E-state index in [1.54, 1.807) is 41.7 Å². The monoisotopic (exact) mass is 359 g/mol. The summed E-state index contributed by atoms with van der Waals surface area (Å²) >= 11 is 1.53. The van der Waals surface area contributed by atoms with Gasteiger partial charge in [-0.15, -0.1) is 0 Å². The Morgan fingerprint density at radius 3 is 2.56 bits per heavy atom. The molecule has 0 amide bonds. The third kappa shape index (κ3) is 3.94. The van der Waals surface area contributed by atoms with Crippen molar-refractivity contribution in [1.82, 2.24) is 0 Å². The van der Waals surface area contributed by atoms with Crippen LogP contribution in [-0.2, 0) is 4.79 Å². The third-order valence-electron chi connectivity index (χ3n) is 3.89. The Labute approximate surface area is 149 Å². The first-order chi connectivity index (χ1) is 12.1. The third-order valence-corrected chi connectivity index (χ3v) is 5.23. The van der Waals surface area contributed by atoms with Crippen molar-refractivity contribution in [3.05, 3.63) is 59.7 Å². The summed E-state index contributed by atoms with van der Waals surface area (Å²) in [4.78, 5) is 23.2. The van der Waals surface area contributed by atoms with E-state index >= 15 is 0 Å². The van der Waals surface area contributed by atoms with Gasteiger partial charge < -0.3 is 24.7 Å². The highest BCUT2D eigenvalue weighted by Gasteiger charge is 2.31. The number of hydrogen-bond acceptors (Lipinski definition) is 6. The van der Waals surface area contributed by atoms with Gasteiger partial charge in [-0.3, -0.25) is 0 Å². The summed E-state index contributed by atoms with van der Waals surface area (Å²) in [6.07, 6.45) is 0. The molecule has 0 spiro atoms. The Hall–Kier alpha value is -2.51. The molecule has 2 N–H and O–H groups in total. The molecule has 0 aliphatic carbocycles.